The highest BCUT2D eigenvalue weighted by molar-refractivity contribution is 7.89. The summed E-state index contributed by atoms with van der Waals surface area (Å²) in [6.45, 7) is 1.74. The Kier molecular flexibility index (Phi) is 6.67. The van der Waals surface area contributed by atoms with Crippen LogP contribution < -0.4 is 15.4 Å². The standard InChI is InChI=1S/C14H19Cl2N3O3S/c15-11-2-1-3-12(16)14(11)23(21,22)18-9-6-13(20)19-10-4-7-17-8-5-10/h1-3,10,17-18H,4-9H2,(H,19,20). The summed E-state index contributed by atoms with van der Waals surface area (Å²) >= 11 is 11.8. The van der Waals surface area contributed by atoms with E-state index in [4.69, 9.17) is 23.2 Å². The first kappa shape index (κ1) is 18.5. The van der Waals surface area contributed by atoms with Gasteiger partial charge in [0, 0.05) is 19.0 Å². The molecule has 0 radical (unpaired) electrons. The fourth-order valence-electron chi connectivity index (χ4n) is 2.38. The molecule has 1 saturated heterocycles. The molecule has 1 aromatic carbocycles. The molecule has 128 valence electrons. The van der Waals surface area contributed by atoms with Crippen molar-refractivity contribution in [1.82, 2.24) is 15.4 Å². The van der Waals surface area contributed by atoms with Crippen LogP contribution in [0, 0.1) is 0 Å². The van der Waals surface area contributed by atoms with Gasteiger partial charge in [-0.1, -0.05) is 29.3 Å². The molecule has 1 amide bonds. The van der Waals surface area contributed by atoms with Crippen LogP contribution >= 0.6 is 23.2 Å². The minimum Gasteiger partial charge on any atom is -0.353 e. The van der Waals surface area contributed by atoms with E-state index in [-0.39, 0.29) is 39.9 Å². The van der Waals surface area contributed by atoms with Gasteiger partial charge in [0.1, 0.15) is 4.90 Å². The Labute approximate surface area is 146 Å². The lowest BCUT2D eigenvalue weighted by molar-refractivity contribution is -0.121. The minimum atomic E-state index is -3.85. The van der Waals surface area contributed by atoms with Crippen molar-refractivity contribution in [2.45, 2.75) is 30.2 Å². The molecule has 3 N–H and O–H groups in total. The van der Waals surface area contributed by atoms with E-state index in [1.165, 1.54) is 12.1 Å². The average molecular weight is 380 g/mol. The molecular weight excluding hydrogens is 361 g/mol. The van der Waals surface area contributed by atoms with Gasteiger partial charge in [0.15, 0.2) is 0 Å². The fraction of sp³-hybridized carbons (Fsp3) is 0.500. The van der Waals surface area contributed by atoms with Crippen molar-refractivity contribution in [1.29, 1.82) is 0 Å². The lowest BCUT2D eigenvalue weighted by Crippen LogP contribution is -2.43. The van der Waals surface area contributed by atoms with Crippen LogP contribution in [0.3, 0.4) is 0 Å². The largest absolute Gasteiger partial charge is 0.353 e. The zero-order valence-electron chi connectivity index (χ0n) is 12.4. The number of carbonyl (C=O) groups is 1. The Morgan fingerprint density at radius 3 is 2.43 bits per heavy atom. The number of carbonyl (C=O) groups excluding carboxylic acids is 1. The van der Waals surface area contributed by atoms with Gasteiger partial charge in [0.25, 0.3) is 0 Å². The molecule has 1 heterocycles. The molecule has 1 aliphatic heterocycles. The summed E-state index contributed by atoms with van der Waals surface area (Å²) in [7, 11) is -3.85. The van der Waals surface area contributed by atoms with Crippen LogP contribution in [0.15, 0.2) is 23.1 Å². The second kappa shape index (κ2) is 8.30. The fourth-order valence-corrected chi connectivity index (χ4v) is 4.55. The molecule has 23 heavy (non-hydrogen) atoms. The molecule has 2 rings (SSSR count). The summed E-state index contributed by atoms with van der Waals surface area (Å²) in [6.07, 6.45) is 1.82. The van der Waals surface area contributed by atoms with Gasteiger partial charge >= 0.3 is 0 Å². The molecule has 0 unspecified atom stereocenters. The molecule has 1 aromatic rings. The Bertz CT molecular complexity index is 641. The number of piperidine rings is 1. The van der Waals surface area contributed by atoms with Gasteiger partial charge in [-0.05, 0) is 38.1 Å². The predicted octanol–water partition coefficient (Wildman–Crippen LogP) is 1.53. The SMILES string of the molecule is O=C(CCNS(=O)(=O)c1c(Cl)cccc1Cl)NC1CCNCC1. The van der Waals surface area contributed by atoms with Gasteiger partial charge in [0.05, 0.1) is 10.0 Å². The van der Waals surface area contributed by atoms with E-state index in [0.717, 1.165) is 25.9 Å². The van der Waals surface area contributed by atoms with Gasteiger partial charge in [-0.15, -0.1) is 0 Å². The van der Waals surface area contributed by atoms with Gasteiger partial charge in [-0.25, -0.2) is 13.1 Å². The quantitative estimate of drug-likeness (QED) is 0.699. The van der Waals surface area contributed by atoms with E-state index in [9.17, 15) is 13.2 Å². The first-order valence-corrected chi connectivity index (χ1v) is 9.58. The molecule has 1 aliphatic rings. The van der Waals surface area contributed by atoms with Gasteiger partial charge in [0.2, 0.25) is 15.9 Å². The van der Waals surface area contributed by atoms with E-state index in [1.807, 2.05) is 0 Å². The third-order valence-electron chi connectivity index (χ3n) is 3.54. The van der Waals surface area contributed by atoms with Crippen LogP contribution in [-0.2, 0) is 14.8 Å². The van der Waals surface area contributed by atoms with Crippen LogP contribution in [0.25, 0.3) is 0 Å². The highest BCUT2D eigenvalue weighted by atomic mass is 35.5. The lowest BCUT2D eigenvalue weighted by atomic mass is 10.1. The molecule has 0 atom stereocenters. The molecule has 0 aliphatic carbocycles. The van der Waals surface area contributed by atoms with Crippen molar-refractivity contribution in [3.8, 4) is 0 Å². The zero-order valence-corrected chi connectivity index (χ0v) is 14.8. The van der Waals surface area contributed by atoms with Crippen LogP contribution in [0.5, 0.6) is 0 Å². The van der Waals surface area contributed by atoms with E-state index < -0.39 is 10.0 Å². The Morgan fingerprint density at radius 2 is 1.83 bits per heavy atom. The molecule has 6 nitrogen and oxygen atoms in total. The zero-order chi connectivity index (χ0) is 16.9. The second-order valence-corrected chi connectivity index (χ2v) is 7.81. The smallest absolute Gasteiger partial charge is 0.243 e. The van der Waals surface area contributed by atoms with Gasteiger partial charge in [-0.2, -0.15) is 0 Å². The summed E-state index contributed by atoms with van der Waals surface area (Å²) in [5.74, 6) is -0.176. The van der Waals surface area contributed by atoms with E-state index >= 15 is 0 Å². The maximum atomic E-state index is 12.2. The monoisotopic (exact) mass is 379 g/mol. The summed E-state index contributed by atoms with van der Waals surface area (Å²) in [5.41, 5.74) is 0. The van der Waals surface area contributed by atoms with Crippen molar-refractivity contribution < 1.29 is 13.2 Å². The summed E-state index contributed by atoms with van der Waals surface area (Å²) in [4.78, 5) is 11.7. The maximum Gasteiger partial charge on any atom is 0.243 e. The van der Waals surface area contributed by atoms with E-state index in [0.29, 0.717) is 0 Å². The molecule has 0 spiro atoms. The molecule has 1 fully saturated rings. The number of hydrogen-bond acceptors (Lipinski definition) is 4. The Balaban J connectivity index is 1.86. The Morgan fingerprint density at radius 1 is 1.22 bits per heavy atom. The van der Waals surface area contributed by atoms with Crippen LogP contribution in [0.2, 0.25) is 10.0 Å². The van der Waals surface area contributed by atoms with Gasteiger partial charge < -0.3 is 10.6 Å². The summed E-state index contributed by atoms with van der Waals surface area (Å²) in [5, 5.41) is 6.20. The molecule has 0 bridgehead atoms. The number of benzene rings is 1. The minimum absolute atomic E-state index is 0.0132. The lowest BCUT2D eigenvalue weighted by Gasteiger charge is -2.23. The van der Waals surface area contributed by atoms with Crippen LogP contribution in [-0.4, -0.2) is 40.0 Å². The normalized spacial score (nSPS) is 16.3. The first-order valence-electron chi connectivity index (χ1n) is 7.34. The van der Waals surface area contributed by atoms with Crippen LogP contribution in [0.4, 0.5) is 0 Å². The van der Waals surface area contributed by atoms with E-state index in [2.05, 4.69) is 15.4 Å². The highest BCUT2D eigenvalue weighted by Gasteiger charge is 2.22. The topological polar surface area (TPSA) is 87.3 Å². The van der Waals surface area contributed by atoms with Crippen molar-refractivity contribution in [3.63, 3.8) is 0 Å². The number of hydrogen-bond donors (Lipinski definition) is 3. The molecule has 0 aromatic heterocycles. The van der Waals surface area contributed by atoms with Crippen molar-refractivity contribution >= 4 is 39.1 Å². The van der Waals surface area contributed by atoms with Crippen molar-refractivity contribution in [3.05, 3.63) is 28.2 Å². The highest BCUT2D eigenvalue weighted by Crippen LogP contribution is 2.28. The van der Waals surface area contributed by atoms with Crippen molar-refractivity contribution in [2.75, 3.05) is 19.6 Å². The number of nitrogens with one attached hydrogen (secondary N) is 3. The summed E-state index contributed by atoms with van der Waals surface area (Å²) < 4.78 is 26.8. The van der Waals surface area contributed by atoms with Crippen molar-refractivity contribution in [2.24, 2.45) is 0 Å². The van der Waals surface area contributed by atoms with Gasteiger partial charge in [-0.3, -0.25) is 4.79 Å². The maximum absolute atomic E-state index is 12.2. The number of halogens is 2. The summed E-state index contributed by atoms with van der Waals surface area (Å²) in [6, 6.07) is 4.62. The number of rotatable bonds is 6. The number of sulfonamides is 1. The third-order valence-corrected chi connectivity index (χ3v) is 5.95. The molecular formula is C14H19Cl2N3O3S. The second-order valence-electron chi connectivity index (χ2n) is 5.29. The molecule has 9 heteroatoms. The average Bonchev–Trinajstić information content (AvgIpc) is 2.47. The predicted molar refractivity (Wildman–Crippen MR) is 90.3 cm³/mol. The van der Waals surface area contributed by atoms with Crippen LogP contribution in [0.1, 0.15) is 19.3 Å². The van der Waals surface area contributed by atoms with E-state index in [1.54, 1.807) is 6.07 Å². The first-order chi connectivity index (χ1) is 10.9. The number of amides is 1. The molecule has 0 saturated carbocycles. The Hall–Kier alpha value is -0.860. The third kappa shape index (κ3) is 5.32.